The maximum atomic E-state index is 13.4. The van der Waals surface area contributed by atoms with Crippen LogP contribution in [0.3, 0.4) is 0 Å². The van der Waals surface area contributed by atoms with Gasteiger partial charge in [-0.1, -0.05) is 17.7 Å². The molecule has 1 aromatic carbocycles. The third kappa shape index (κ3) is 3.58. The van der Waals surface area contributed by atoms with E-state index in [-0.39, 0.29) is 5.82 Å². The van der Waals surface area contributed by atoms with Crippen molar-refractivity contribution in [3.8, 4) is 0 Å². The fourth-order valence-electron chi connectivity index (χ4n) is 2.19. The summed E-state index contributed by atoms with van der Waals surface area (Å²) in [5, 5.41) is 3.52. The predicted octanol–water partition coefficient (Wildman–Crippen LogP) is 3.38. The Morgan fingerprint density at radius 1 is 1.29 bits per heavy atom. The quantitative estimate of drug-likeness (QED) is 0.813. The molecule has 0 atom stereocenters. The summed E-state index contributed by atoms with van der Waals surface area (Å²) in [7, 11) is 0. The molecule has 0 unspecified atom stereocenters. The molecule has 1 heterocycles. The van der Waals surface area contributed by atoms with Gasteiger partial charge < -0.3 is 10.2 Å². The van der Waals surface area contributed by atoms with Crippen molar-refractivity contribution in [2.45, 2.75) is 19.3 Å². The minimum atomic E-state index is -0.279. The molecule has 0 spiro atoms. The summed E-state index contributed by atoms with van der Waals surface area (Å²) in [6.07, 6.45) is 3.64. The molecule has 0 bridgehead atoms. The Hall–Kier alpha value is -0.800. The van der Waals surface area contributed by atoms with Gasteiger partial charge >= 0.3 is 0 Å². The van der Waals surface area contributed by atoms with Gasteiger partial charge in [-0.15, -0.1) is 0 Å². The Morgan fingerprint density at radius 3 is 2.76 bits per heavy atom. The second-order valence-electron chi connectivity index (χ2n) is 4.43. The second-order valence-corrected chi connectivity index (χ2v) is 4.83. The molecule has 4 heteroatoms. The van der Waals surface area contributed by atoms with E-state index in [2.05, 4.69) is 10.2 Å². The highest BCUT2D eigenvalue weighted by molar-refractivity contribution is 6.33. The number of para-hydroxylation sites is 1. The van der Waals surface area contributed by atoms with Gasteiger partial charge in [0.2, 0.25) is 0 Å². The van der Waals surface area contributed by atoms with Crippen LogP contribution < -0.4 is 5.32 Å². The molecule has 1 aliphatic rings. The second kappa shape index (κ2) is 6.22. The number of anilines is 1. The van der Waals surface area contributed by atoms with E-state index in [1.165, 1.54) is 32.0 Å². The summed E-state index contributed by atoms with van der Waals surface area (Å²) in [5.41, 5.74) is 0.426. The van der Waals surface area contributed by atoms with E-state index < -0.39 is 0 Å². The van der Waals surface area contributed by atoms with Crippen LogP contribution in [0.2, 0.25) is 5.02 Å². The fraction of sp³-hybridized carbons (Fsp3) is 0.538. The molecule has 1 aliphatic heterocycles. The Labute approximate surface area is 107 Å². The lowest BCUT2D eigenvalue weighted by atomic mass is 10.3. The zero-order valence-corrected chi connectivity index (χ0v) is 10.6. The average Bonchev–Trinajstić information content (AvgIpc) is 2.80. The molecule has 1 fully saturated rings. The van der Waals surface area contributed by atoms with Crippen molar-refractivity contribution in [3.05, 3.63) is 29.0 Å². The number of hydrogen-bond acceptors (Lipinski definition) is 2. The molecular formula is C13H18ClFN2. The third-order valence-electron chi connectivity index (χ3n) is 3.11. The van der Waals surface area contributed by atoms with E-state index in [1.807, 2.05) is 0 Å². The van der Waals surface area contributed by atoms with Crippen molar-refractivity contribution in [1.82, 2.24) is 4.90 Å². The molecule has 17 heavy (non-hydrogen) atoms. The van der Waals surface area contributed by atoms with Gasteiger partial charge in [-0.2, -0.15) is 0 Å². The molecule has 94 valence electrons. The van der Waals surface area contributed by atoms with Crippen LogP contribution in [0.15, 0.2) is 18.2 Å². The predicted molar refractivity (Wildman–Crippen MR) is 70.2 cm³/mol. The number of hydrogen-bond donors (Lipinski definition) is 1. The van der Waals surface area contributed by atoms with Crippen molar-refractivity contribution in [1.29, 1.82) is 0 Å². The first-order chi connectivity index (χ1) is 8.27. The fourth-order valence-corrected chi connectivity index (χ4v) is 2.42. The SMILES string of the molecule is Fc1cccc(Cl)c1NCCCN1CCCC1. The summed E-state index contributed by atoms with van der Waals surface area (Å²) in [4.78, 5) is 2.45. The average molecular weight is 257 g/mol. The lowest BCUT2D eigenvalue weighted by Gasteiger charge is -2.15. The molecule has 2 rings (SSSR count). The Kier molecular flexibility index (Phi) is 4.63. The van der Waals surface area contributed by atoms with Crippen LogP contribution >= 0.6 is 11.6 Å². The molecule has 1 N–H and O–H groups in total. The maximum Gasteiger partial charge on any atom is 0.147 e. The van der Waals surface area contributed by atoms with E-state index >= 15 is 0 Å². The summed E-state index contributed by atoms with van der Waals surface area (Å²) in [5.74, 6) is -0.279. The molecule has 0 aromatic heterocycles. The van der Waals surface area contributed by atoms with Gasteiger partial charge in [0.05, 0.1) is 10.7 Å². The van der Waals surface area contributed by atoms with Crippen LogP contribution in [0.4, 0.5) is 10.1 Å². The summed E-state index contributed by atoms with van der Waals surface area (Å²) < 4.78 is 13.4. The largest absolute Gasteiger partial charge is 0.381 e. The van der Waals surface area contributed by atoms with Crippen LogP contribution in [0.25, 0.3) is 0 Å². The number of halogens is 2. The Balaban J connectivity index is 1.74. The smallest absolute Gasteiger partial charge is 0.147 e. The molecule has 1 aromatic rings. The molecule has 0 saturated carbocycles. The molecule has 1 saturated heterocycles. The standard InChI is InChI=1S/C13H18ClFN2/c14-11-5-3-6-12(15)13(11)16-7-4-10-17-8-1-2-9-17/h3,5-6,16H,1-2,4,7-10H2. The monoisotopic (exact) mass is 256 g/mol. The number of likely N-dealkylation sites (tertiary alicyclic amines) is 1. The lowest BCUT2D eigenvalue weighted by molar-refractivity contribution is 0.337. The van der Waals surface area contributed by atoms with Crippen molar-refractivity contribution in [3.63, 3.8) is 0 Å². The van der Waals surface area contributed by atoms with Crippen molar-refractivity contribution in [2.75, 3.05) is 31.5 Å². The lowest BCUT2D eigenvalue weighted by Crippen LogP contribution is -2.22. The van der Waals surface area contributed by atoms with Gasteiger partial charge in [-0.3, -0.25) is 0 Å². The van der Waals surface area contributed by atoms with Crippen LogP contribution in [-0.2, 0) is 0 Å². The van der Waals surface area contributed by atoms with E-state index in [4.69, 9.17) is 11.6 Å². The highest BCUT2D eigenvalue weighted by Crippen LogP contribution is 2.24. The van der Waals surface area contributed by atoms with Crippen LogP contribution in [-0.4, -0.2) is 31.1 Å². The van der Waals surface area contributed by atoms with E-state index in [0.29, 0.717) is 10.7 Å². The molecule has 0 aliphatic carbocycles. The van der Waals surface area contributed by atoms with Crippen molar-refractivity contribution >= 4 is 17.3 Å². The van der Waals surface area contributed by atoms with E-state index in [9.17, 15) is 4.39 Å². The zero-order chi connectivity index (χ0) is 12.1. The first-order valence-corrected chi connectivity index (χ1v) is 6.55. The first kappa shape index (κ1) is 12.7. The zero-order valence-electron chi connectivity index (χ0n) is 9.88. The van der Waals surface area contributed by atoms with Crippen molar-refractivity contribution < 1.29 is 4.39 Å². The van der Waals surface area contributed by atoms with Gasteiger partial charge in [-0.25, -0.2) is 4.39 Å². The van der Waals surface area contributed by atoms with Gasteiger partial charge in [0, 0.05) is 6.54 Å². The number of rotatable bonds is 5. The molecule has 2 nitrogen and oxygen atoms in total. The van der Waals surface area contributed by atoms with Crippen LogP contribution in [0.5, 0.6) is 0 Å². The molecule has 0 amide bonds. The topological polar surface area (TPSA) is 15.3 Å². The minimum Gasteiger partial charge on any atom is -0.381 e. The summed E-state index contributed by atoms with van der Waals surface area (Å²) in [6.45, 7) is 4.26. The maximum absolute atomic E-state index is 13.4. The van der Waals surface area contributed by atoms with Gasteiger partial charge in [0.25, 0.3) is 0 Å². The Bertz CT molecular complexity index is 344. The van der Waals surface area contributed by atoms with Gasteiger partial charge in [0.15, 0.2) is 0 Å². The number of nitrogens with one attached hydrogen (secondary N) is 1. The number of nitrogens with zero attached hydrogens (tertiary/aromatic N) is 1. The Morgan fingerprint density at radius 2 is 2.06 bits per heavy atom. The van der Waals surface area contributed by atoms with Crippen LogP contribution in [0, 0.1) is 5.82 Å². The summed E-state index contributed by atoms with van der Waals surface area (Å²) in [6, 6.07) is 4.75. The van der Waals surface area contributed by atoms with Crippen LogP contribution in [0.1, 0.15) is 19.3 Å². The van der Waals surface area contributed by atoms with Gasteiger partial charge in [-0.05, 0) is 51.0 Å². The van der Waals surface area contributed by atoms with E-state index in [0.717, 1.165) is 19.5 Å². The molecule has 0 radical (unpaired) electrons. The third-order valence-corrected chi connectivity index (χ3v) is 3.43. The van der Waals surface area contributed by atoms with Crippen molar-refractivity contribution in [2.24, 2.45) is 0 Å². The normalized spacial score (nSPS) is 16.4. The van der Waals surface area contributed by atoms with Gasteiger partial charge in [0.1, 0.15) is 5.82 Å². The first-order valence-electron chi connectivity index (χ1n) is 6.17. The summed E-state index contributed by atoms with van der Waals surface area (Å²) >= 11 is 5.92. The number of benzene rings is 1. The molecular weight excluding hydrogens is 239 g/mol. The minimum absolute atomic E-state index is 0.279. The highest BCUT2D eigenvalue weighted by Gasteiger charge is 2.10. The highest BCUT2D eigenvalue weighted by atomic mass is 35.5. The van der Waals surface area contributed by atoms with E-state index in [1.54, 1.807) is 12.1 Å².